The van der Waals surface area contributed by atoms with E-state index in [0.717, 1.165) is 0 Å². The first kappa shape index (κ1) is 9.30. The van der Waals surface area contributed by atoms with E-state index in [1.54, 1.807) is 18.2 Å². The summed E-state index contributed by atoms with van der Waals surface area (Å²) in [5.41, 5.74) is 6.13. The molecule has 0 fully saturated rings. The summed E-state index contributed by atoms with van der Waals surface area (Å²) in [6.45, 7) is 0.166. The Bertz CT molecular complexity index is 381. The second-order valence-corrected chi connectivity index (χ2v) is 3.48. The van der Waals surface area contributed by atoms with Crippen LogP contribution in [0.15, 0.2) is 18.2 Å². The Morgan fingerprint density at radius 3 is 3.14 bits per heavy atom. The van der Waals surface area contributed by atoms with Crippen LogP contribution in [-0.4, -0.2) is 18.6 Å². The Hall–Kier alpha value is -1.26. The van der Waals surface area contributed by atoms with Crippen molar-refractivity contribution >= 4 is 23.2 Å². The van der Waals surface area contributed by atoms with Gasteiger partial charge in [0.15, 0.2) is 0 Å². The fraction of sp³-hybridized carbons (Fsp3) is 0.222. The van der Waals surface area contributed by atoms with Crippen LogP contribution in [0.25, 0.3) is 0 Å². The molecule has 0 spiro atoms. The summed E-state index contributed by atoms with van der Waals surface area (Å²) in [6.07, 6.45) is 0. The molecule has 0 saturated carbocycles. The predicted octanol–water partition coefficient (Wildman–Crippen LogP) is 0.998. The van der Waals surface area contributed by atoms with E-state index in [-0.39, 0.29) is 12.5 Å². The Balaban J connectivity index is 2.37. The number of anilines is 1. The summed E-state index contributed by atoms with van der Waals surface area (Å²) in [4.78, 5) is 11.3. The lowest BCUT2D eigenvalue weighted by Gasteiger charge is -2.06. The summed E-state index contributed by atoms with van der Waals surface area (Å²) >= 11 is 5.78. The van der Waals surface area contributed by atoms with E-state index in [0.29, 0.717) is 16.5 Å². The average molecular weight is 213 g/mol. The van der Waals surface area contributed by atoms with Crippen molar-refractivity contribution in [2.24, 2.45) is 5.73 Å². The van der Waals surface area contributed by atoms with Gasteiger partial charge < -0.3 is 15.8 Å². The van der Waals surface area contributed by atoms with E-state index in [4.69, 9.17) is 22.1 Å². The SMILES string of the molecule is NC1COc2cc(Cl)ccc2NC1=O. The highest BCUT2D eigenvalue weighted by Crippen LogP contribution is 2.29. The molecule has 0 aliphatic carbocycles. The fourth-order valence-corrected chi connectivity index (χ4v) is 1.36. The number of ether oxygens (including phenoxy) is 1. The molecule has 5 heteroatoms. The second-order valence-electron chi connectivity index (χ2n) is 3.05. The van der Waals surface area contributed by atoms with Crippen molar-refractivity contribution in [1.82, 2.24) is 0 Å². The van der Waals surface area contributed by atoms with Gasteiger partial charge in [0.1, 0.15) is 18.4 Å². The lowest BCUT2D eigenvalue weighted by Crippen LogP contribution is -2.38. The van der Waals surface area contributed by atoms with E-state index in [1.807, 2.05) is 0 Å². The minimum Gasteiger partial charge on any atom is -0.489 e. The first-order chi connectivity index (χ1) is 6.66. The van der Waals surface area contributed by atoms with Gasteiger partial charge in [-0.2, -0.15) is 0 Å². The van der Waals surface area contributed by atoms with Gasteiger partial charge in [0.2, 0.25) is 5.91 Å². The summed E-state index contributed by atoms with van der Waals surface area (Å²) in [5, 5.41) is 3.22. The minimum atomic E-state index is -0.638. The van der Waals surface area contributed by atoms with Crippen molar-refractivity contribution in [2.75, 3.05) is 11.9 Å². The molecule has 1 atom stereocenters. The van der Waals surface area contributed by atoms with Crippen molar-refractivity contribution in [2.45, 2.75) is 6.04 Å². The van der Waals surface area contributed by atoms with Gasteiger partial charge in [-0.15, -0.1) is 0 Å². The van der Waals surface area contributed by atoms with Gasteiger partial charge in [-0.05, 0) is 12.1 Å². The molecule has 1 aromatic carbocycles. The normalized spacial score (nSPS) is 20.4. The number of nitrogens with two attached hydrogens (primary N) is 1. The average Bonchev–Trinajstić information content (AvgIpc) is 2.29. The monoisotopic (exact) mass is 212 g/mol. The maximum atomic E-state index is 11.3. The van der Waals surface area contributed by atoms with E-state index in [2.05, 4.69) is 5.32 Å². The molecule has 2 rings (SSSR count). The number of amides is 1. The van der Waals surface area contributed by atoms with Gasteiger partial charge in [-0.1, -0.05) is 11.6 Å². The Kier molecular flexibility index (Phi) is 2.31. The summed E-state index contributed by atoms with van der Waals surface area (Å²) in [6, 6.07) is 4.38. The van der Waals surface area contributed by atoms with Gasteiger partial charge in [-0.3, -0.25) is 4.79 Å². The molecule has 1 unspecified atom stereocenters. The molecule has 74 valence electrons. The van der Waals surface area contributed by atoms with Crippen molar-refractivity contribution in [3.8, 4) is 5.75 Å². The first-order valence-corrected chi connectivity index (χ1v) is 4.53. The minimum absolute atomic E-state index is 0.166. The number of nitrogens with one attached hydrogen (secondary N) is 1. The number of benzene rings is 1. The van der Waals surface area contributed by atoms with Crippen LogP contribution in [-0.2, 0) is 4.79 Å². The number of carbonyl (C=O) groups is 1. The molecule has 1 heterocycles. The van der Waals surface area contributed by atoms with Crippen LogP contribution >= 0.6 is 11.6 Å². The largest absolute Gasteiger partial charge is 0.489 e. The van der Waals surface area contributed by atoms with Gasteiger partial charge in [0, 0.05) is 11.1 Å². The van der Waals surface area contributed by atoms with Crippen molar-refractivity contribution in [3.05, 3.63) is 23.2 Å². The van der Waals surface area contributed by atoms with Gasteiger partial charge in [0.05, 0.1) is 5.69 Å². The van der Waals surface area contributed by atoms with Crippen molar-refractivity contribution < 1.29 is 9.53 Å². The lowest BCUT2D eigenvalue weighted by atomic mass is 10.3. The zero-order valence-electron chi connectivity index (χ0n) is 7.29. The molecule has 1 aromatic rings. The van der Waals surface area contributed by atoms with E-state index >= 15 is 0 Å². The zero-order chi connectivity index (χ0) is 10.1. The van der Waals surface area contributed by atoms with Crippen molar-refractivity contribution in [3.63, 3.8) is 0 Å². The van der Waals surface area contributed by atoms with Crippen LogP contribution in [0.3, 0.4) is 0 Å². The molecule has 14 heavy (non-hydrogen) atoms. The summed E-state index contributed by atoms with van der Waals surface area (Å²) in [5.74, 6) is 0.310. The van der Waals surface area contributed by atoms with Crippen LogP contribution in [0.1, 0.15) is 0 Å². The molecule has 3 N–H and O–H groups in total. The summed E-state index contributed by atoms with van der Waals surface area (Å²) in [7, 11) is 0. The molecule has 4 nitrogen and oxygen atoms in total. The maximum Gasteiger partial charge on any atom is 0.244 e. The highest BCUT2D eigenvalue weighted by atomic mass is 35.5. The van der Waals surface area contributed by atoms with Crippen LogP contribution in [0.4, 0.5) is 5.69 Å². The highest BCUT2D eigenvalue weighted by Gasteiger charge is 2.20. The highest BCUT2D eigenvalue weighted by molar-refractivity contribution is 6.30. The molecule has 0 radical (unpaired) electrons. The number of carbonyl (C=O) groups excluding carboxylic acids is 1. The fourth-order valence-electron chi connectivity index (χ4n) is 1.20. The van der Waals surface area contributed by atoms with Crippen LogP contribution in [0.2, 0.25) is 5.02 Å². The number of rotatable bonds is 0. The lowest BCUT2D eigenvalue weighted by molar-refractivity contribution is -0.117. The van der Waals surface area contributed by atoms with Crippen LogP contribution in [0, 0.1) is 0 Å². The molecular formula is C9H9ClN2O2. The molecular weight excluding hydrogens is 204 g/mol. The second kappa shape index (κ2) is 3.48. The smallest absolute Gasteiger partial charge is 0.244 e. The quantitative estimate of drug-likeness (QED) is 0.674. The van der Waals surface area contributed by atoms with Gasteiger partial charge in [0.25, 0.3) is 0 Å². The zero-order valence-corrected chi connectivity index (χ0v) is 8.04. The Morgan fingerprint density at radius 2 is 2.36 bits per heavy atom. The topological polar surface area (TPSA) is 64.3 Å². The molecule has 1 amide bonds. The first-order valence-electron chi connectivity index (χ1n) is 4.15. The molecule has 0 bridgehead atoms. The van der Waals surface area contributed by atoms with Crippen LogP contribution < -0.4 is 15.8 Å². The Morgan fingerprint density at radius 1 is 1.57 bits per heavy atom. The van der Waals surface area contributed by atoms with E-state index < -0.39 is 6.04 Å². The number of fused-ring (bicyclic) bond motifs is 1. The van der Waals surface area contributed by atoms with E-state index in [1.165, 1.54) is 0 Å². The molecule has 1 aliphatic rings. The van der Waals surface area contributed by atoms with Crippen molar-refractivity contribution in [1.29, 1.82) is 0 Å². The Labute approximate surface area is 86.0 Å². The number of halogens is 1. The predicted molar refractivity (Wildman–Crippen MR) is 53.6 cm³/mol. The molecule has 1 aliphatic heterocycles. The van der Waals surface area contributed by atoms with Gasteiger partial charge in [-0.25, -0.2) is 0 Å². The maximum absolute atomic E-state index is 11.3. The third kappa shape index (κ3) is 1.66. The number of hydrogen-bond acceptors (Lipinski definition) is 3. The van der Waals surface area contributed by atoms with Gasteiger partial charge >= 0.3 is 0 Å². The molecule has 0 aromatic heterocycles. The standard InChI is InChI=1S/C9H9ClN2O2/c10-5-1-2-7-8(3-5)14-4-6(11)9(13)12-7/h1-3,6H,4,11H2,(H,12,13). The number of hydrogen-bond donors (Lipinski definition) is 2. The third-order valence-corrected chi connectivity index (χ3v) is 2.19. The van der Waals surface area contributed by atoms with E-state index in [9.17, 15) is 4.79 Å². The summed E-state index contributed by atoms with van der Waals surface area (Å²) < 4.78 is 5.32. The molecule has 0 saturated heterocycles. The third-order valence-electron chi connectivity index (χ3n) is 1.96. The van der Waals surface area contributed by atoms with Crippen LogP contribution in [0.5, 0.6) is 5.75 Å².